The van der Waals surface area contributed by atoms with Crippen LogP contribution in [0.25, 0.3) is 11.0 Å². The first-order valence-electron chi connectivity index (χ1n) is 14.5. The van der Waals surface area contributed by atoms with Crippen LogP contribution in [0.15, 0.2) is 24.4 Å². The second kappa shape index (κ2) is 12.8. The van der Waals surface area contributed by atoms with Crippen molar-refractivity contribution in [1.29, 1.82) is 0 Å². The molecule has 2 fully saturated rings. The number of nitrogens with one attached hydrogen (secondary N) is 1. The summed E-state index contributed by atoms with van der Waals surface area (Å²) in [6.07, 6.45) is 7.52. The zero-order valence-electron chi connectivity index (χ0n) is 23.7. The lowest BCUT2D eigenvalue weighted by molar-refractivity contribution is -0.140. The van der Waals surface area contributed by atoms with Crippen LogP contribution >= 0.6 is 0 Å². The van der Waals surface area contributed by atoms with Crippen LogP contribution in [0, 0.1) is 5.92 Å². The van der Waals surface area contributed by atoms with Gasteiger partial charge in [0, 0.05) is 56.9 Å². The molecule has 4 N–H and O–H groups in total. The van der Waals surface area contributed by atoms with Gasteiger partial charge in [-0.3, -0.25) is 14.4 Å². The maximum absolute atomic E-state index is 12.6. The van der Waals surface area contributed by atoms with Crippen molar-refractivity contribution in [1.82, 2.24) is 29.5 Å². The smallest absolute Gasteiger partial charge is 0.225 e. The molecule has 0 spiro atoms. The number of hydrogen-bond acceptors (Lipinski definition) is 9. The average Bonchev–Trinajstić information content (AvgIpc) is 3.31. The Morgan fingerprint density at radius 1 is 1.18 bits per heavy atom. The van der Waals surface area contributed by atoms with Crippen molar-refractivity contribution in [3.05, 3.63) is 35.5 Å². The van der Waals surface area contributed by atoms with Gasteiger partial charge in [0.25, 0.3) is 0 Å². The molecule has 0 unspecified atom stereocenters. The monoisotopic (exact) mass is 550 g/mol. The normalized spacial score (nSPS) is 17.1. The van der Waals surface area contributed by atoms with Crippen LogP contribution in [-0.2, 0) is 17.9 Å². The average molecular weight is 551 g/mol. The molecule has 1 saturated heterocycles. The number of benzene rings is 1. The molecule has 216 valence electrons. The van der Waals surface area contributed by atoms with Crippen LogP contribution in [0.2, 0.25) is 0 Å². The van der Waals surface area contributed by atoms with Gasteiger partial charge in [0.2, 0.25) is 11.9 Å². The summed E-state index contributed by atoms with van der Waals surface area (Å²) < 4.78 is 7.67. The number of aromatic nitrogens is 4. The van der Waals surface area contributed by atoms with Crippen molar-refractivity contribution in [2.75, 3.05) is 50.9 Å². The van der Waals surface area contributed by atoms with E-state index in [9.17, 15) is 9.90 Å². The van der Waals surface area contributed by atoms with Gasteiger partial charge in [-0.15, -0.1) is 0 Å². The van der Waals surface area contributed by atoms with Crippen molar-refractivity contribution < 1.29 is 14.6 Å². The minimum Gasteiger partial charge on any atom is -0.496 e. The van der Waals surface area contributed by atoms with Crippen LogP contribution in [0.1, 0.15) is 56.6 Å². The number of methoxy groups -OCH3 is 1. The number of ether oxygens (including phenoxy) is 1. The minimum atomic E-state index is 0.0721. The van der Waals surface area contributed by atoms with E-state index < -0.39 is 0 Å². The van der Waals surface area contributed by atoms with Gasteiger partial charge in [-0.2, -0.15) is 10.1 Å². The molecule has 11 heteroatoms. The first-order chi connectivity index (χ1) is 19.5. The Morgan fingerprint density at radius 3 is 2.65 bits per heavy atom. The predicted molar refractivity (Wildman–Crippen MR) is 155 cm³/mol. The van der Waals surface area contributed by atoms with E-state index in [1.54, 1.807) is 13.3 Å². The molecule has 1 aliphatic heterocycles. The van der Waals surface area contributed by atoms with E-state index in [0.29, 0.717) is 30.2 Å². The third-order valence-corrected chi connectivity index (χ3v) is 8.18. The third kappa shape index (κ3) is 6.31. The number of nitrogens with zero attached hydrogens (tertiary/aromatic N) is 6. The Hall–Kier alpha value is -3.44. The van der Waals surface area contributed by atoms with Gasteiger partial charge in [0.05, 0.1) is 19.9 Å². The quantitative estimate of drug-likeness (QED) is 0.311. The topological polar surface area (TPSA) is 135 Å². The largest absolute Gasteiger partial charge is 0.496 e. The minimum absolute atomic E-state index is 0.0721. The summed E-state index contributed by atoms with van der Waals surface area (Å²) >= 11 is 0. The molecule has 2 aliphatic rings. The van der Waals surface area contributed by atoms with Crippen molar-refractivity contribution >= 4 is 28.7 Å². The number of piperazine rings is 1. The molecule has 0 radical (unpaired) electrons. The fourth-order valence-corrected chi connectivity index (χ4v) is 5.70. The van der Waals surface area contributed by atoms with Crippen molar-refractivity contribution in [2.45, 2.75) is 64.6 Å². The second-order valence-corrected chi connectivity index (χ2v) is 11.0. The highest BCUT2D eigenvalue weighted by Gasteiger charge is 2.31. The molecule has 1 aliphatic carbocycles. The number of aliphatic hydroxyl groups excluding tert-OH is 1. The summed E-state index contributed by atoms with van der Waals surface area (Å²) in [5, 5.41) is 17.6. The van der Waals surface area contributed by atoms with Crippen molar-refractivity contribution in [2.24, 2.45) is 5.92 Å². The Balaban J connectivity index is 1.28. The molecule has 40 heavy (non-hydrogen) atoms. The van der Waals surface area contributed by atoms with E-state index in [1.165, 1.54) is 12.0 Å². The number of aliphatic hydroxyl groups is 1. The van der Waals surface area contributed by atoms with Gasteiger partial charge in [0.15, 0.2) is 5.82 Å². The van der Waals surface area contributed by atoms with E-state index in [-0.39, 0.29) is 24.5 Å². The van der Waals surface area contributed by atoms with E-state index in [2.05, 4.69) is 50.4 Å². The van der Waals surface area contributed by atoms with Gasteiger partial charge in [0.1, 0.15) is 16.8 Å². The molecule has 2 aromatic heterocycles. The number of rotatable bonds is 12. The Bertz CT molecular complexity index is 1290. The number of carbonyl (C=O) groups excluding carboxylic acids is 1. The molecule has 1 amide bonds. The van der Waals surface area contributed by atoms with Crippen molar-refractivity contribution in [3.8, 4) is 5.75 Å². The SMILES string of the molecule is CCC[C@@H](CCO)Nc1nc(N)nc2cnn(Cc3ccc(CN4CCN(C(=O)C5CCC5)CC4)cc3OC)c12. The molecule has 3 aromatic rings. The lowest BCUT2D eigenvalue weighted by Gasteiger charge is -2.38. The molecule has 5 rings (SSSR count). The Labute approximate surface area is 235 Å². The Kier molecular flexibility index (Phi) is 9.01. The molecular formula is C29H42N8O3. The molecule has 11 nitrogen and oxygen atoms in total. The van der Waals surface area contributed by atoms with E-state index >= 15 is 0 Å². The van der Waals surface area contributed by atoms with Gasteiger partial charge < -0.3 is 25.8 Å². The zero-order valence-corrected chi connectivity index (χ0v) is 23.7. The van der Waals surface area contributed by atoms with Gasteiger partial charge in [-0.05, 0) is 37.3 Å². The molecule has 1 saturated carbocycles. The van der Waals surface area contributed by atoms with Gasteiger partial charge in [-0.1, -0.05) is 31.9 Å². The predicted octanol–water partition coefficient (Wildman–Crippen LogP) is 2.87. The number of amides is 1. The summed E-state index contributed by atoms with van der Waals surface area (Å²) in [5.41, 5.74) is 9.61. The number of fused-ring (bicyclic) bond motifs is 1. The lowest BCUT2D eigenvalue weighted by atomic mass is 9.84. The van der Waals surface area contributed by atoms with E-state index in [0.717, 1.165) is 75.2 Å². The zero-order chi connectivity index (χ0) is 28.1. The molecule has 3 heterocycles. The molecular weight excluding hydrogens is 508 g/mol. The van der Waals surface area contributed by atoms with Crippen LogP contribution in [0.4, 0.5) is 11.8 Å². The van der Waals surface area contributed by atoms with Crippen LogP contribution < -0.4 is 15.8 Å². The highest BCUT2D eigenvalue weighted by molar-refractivity contribution is 5.86. The first-order valence-corrected chi connectivity index (χ1v) is 14.5. The van der Waals surface area contributed by atoms with E-state index in [1.807, 2.05) is 9.58 Å². The first kappa shape index (κ1) is 28.1. The molecule has 1 atom stereocenters. The maximum atomic E-state index is 12.6. The summed E-state index contributed by atoms with van der Waals surface area (Å²) in [5.74, 6) is 2.23. The summed E-state index contributed by atoms with van der Waals surface area (Å²) in [4.78, 5) is 25.9. The number of nitrogens with two attached hydrogens (primary N) is 1. The third-order valence-electron chi connectivity index (χ3n) is 8.18. The van der Waals surface area contributed by atoms with Gasteiger partial charge in [-0.25, -0.2) is 4.98 Å². The summed E-state index contributed by atoms with van der Waals surface area (Å²) in [6.45, 7) is 6.89. The fraction of sp³-hybridized carbons (Fsp3) is 0.586. The van der Waals surface area contributed by atoms with Crippen molar-refractivity contribution in [3.63, 3.8) is 0 Å². The number of carbonyl (C=O) groups is 1. The number of anilines is 2. The highest BCUT2D eigenvalue weighted by Crippen LogP contribution is 2.29. The lowest BCUT2D eigenvalue weighted by Crippen LogP contribution is -2.50. The van der Waals surface area contributed by atoms with Crippen LogP contribution in [0.5, 0.6) is 5.75 Å². The standard InChI is InChI=1S/C29H42N8O3/c1-3-5-23(10-15-38)32-27-26-24(33-29(30)34-27)17-31-37(26)19-22-9-8-20(16-25(22)40-2)18-35-11-13-36(14-12-35)28(39)21-6-4-7-21/h8-9,16-17,21,23,38H,3-7,10-15,18-19H2,1-2H3,(H3,30,32,33,34)/t23-/m0/s1. The second-order valence-electron chi connectivity index (χ2n) is 11.0. The summed E-state index contributed by atoms with van der Waals surface area (Å²) in [6, 6.07) is 6.40. The van der Waals surface area contributed by atoms with Gasteiger partial charge >= 0.3 is 0 Å². The number of nitrogen functional groups attached to an aromatic ring is 1. The highest BCUT2D eigenvalue weighted by atomic mass is 16.5. The van der Waals surface area contributed by atoms with E-state index in [4.69, 9.17) is 10.5 Å². The molecule has 1 aromatic carbocycles. The fourth-order valence-electron chi connectivity index (χ4n) is 5.70. The van der Waals surface area contributed by atoms with Crippen LogP contribution in [-0.4, -0.2) is 86.5 Å². The Morgan fingerprint density at radius 2 is 1.98 bits per heavy atom. The number of hydrogen-bond donors (Lipinski definition) is 3. The maximum Gasteiger partial charge on any atom is 0.225 e. The molecule has 0 bridgehead atoms. The van der Waals surface area contributed by atoms with Crippen LogP contribution in [0.3, 0.4) is 0 Å². The summed E-state index contributed by atoms with van der Waals surface area (Å²) in [7, 11) is 1.69.